The number of aryl methyl sites for hydroxylation is 1. The molecule has 0 spiro atoms. The highest BCUT2D eigenvalue weighted by Crippen LogP contribution is 2.49. The summed E-state index contributed by atoms with van der Waals surface area (Å²) in [4.78, 5) is -0.276. The Morgan fingerprint density at radius 3 is 1.92 bits per heavy atom. The van der Waals surface area contributed by atoms with Crippen LogP contribution < -0.4 is 25.8 Å². The summed E-state index contributed by atoms with van der Waals surface area (Å²) in [6, 6.07) is 21.3. The van der Waals surface area contributed by atoms with Crippen molar-refractivity contribution >= 4 is 126 Å². The van der Waals surface area contributed by atoms with E-state index in [9.17, 15) is 47.9 Å². The van der Waals surface area contributed by atoms with Crippen molar-refractivity contribution < 1.29 is 86.1 Å². The Morgan fingerprint density at radius 2 is 1.33 bits per heavy atom. The number of aromatic hydroxyl groups is 1. The normalized spacial score (nSPS) is 12.4. The second-order valence-corrected chi connectivity index (χ2v) is 23.2. The average molecular weight is 1200 g/mol. The fourth-order valence-corrected chi connectivity index (χ4v) is 11.2. The fraction of sp³-hybridized carbons (Fsp3) is 0.209. The number of benzene rings is 6. The molecule has 6 aromatic rings. The summed E-state index contributed by atoms with van der Waals surface area (Å²) < 4.78 is 139. The highest BCUT2D eigenvalue weighted by Gasteiger charge is 2.27. The molecule has 0 aromatic heterocycles. The number of phenols is 1. The van der Waals surface area contributed by atoms with E-state index >= 15 is 0 Å². The molecule has 35 heteroatoms. The molecule has 420 valence electrons. The number of methoxy groups -OCH3 is 1. The van der Waals surface area contributed by atoms with E-state index in [2.05, 4.69) is 77.1 Å². The first-order chi connectivity index (χ1) is 36.8. The van der Waals surface area contributed by atoms with Gasteiger partial charge in [0, 0.05) is 31.9 Å². The van der Waals surface area contributed by atoms with Gasteiger partial charge in [-0.3, -0.25) is 18.0 Å². The summed E-state index contributed by atoms with van der Waals surface area (Å²) >= 11 is 0.351. The number of nitrogens with one attached hydrogen (secondary N) is 1. The number of phenolic OH excluding ortho intramolecular Hbond substituents is 1. The molecule has 0 aliphatic rings. The molecule has 10 N–H and O–H groups in total. The molecule has 6 aromatic carbocycles. The third kappa shape index (κ3) is 16.0. The van der Waals surface area contributed by atoms with Crippen LogP contribution >= 0.6 is 24.4 Å². The summed E-state index contributed by atoms with van der Waals surface area (Å²) in [5.74, 6) is -0.909. The van der Waals surface area contributed by atoms with Crippen LogP contribution in [0.2, 0.25) is 0 Å². The van der Waals surface area contributed by atoms with Crippen LogP contribution in [-0.2, 0) is 63.0 Å². The molecule has 6 rings (SSSR count). The van der Waals surface area contributed by atoms with E-state index in [0.717, 1.165) is 55.7 Å². The average Bonchev–Trinajstić information content (AvgIpc) is 3.38. The third-order valence-corrected chi connectivity index (χ3v) is 16.3. The Hall–Kier alpha value is -6.68. The second kappa shape index (κ2) is 27.3. The van der Waals surface area contributed by atoms with Crippen molar-refractivity contribution in [2.75, 3.05) is 60.7 Å². The van der Waals surface area contributed by atoms with Crippen LogP contribution in [0.25, 0.3) is 10.8 Å². The molecule has 0 bridgehead atoms. The predicted octanol–water partition coefficient (Wildman–Crippen LogP) is 9.60. The number of sulfone groups is 1. The van der Waals surface area contributed by atoms with Gasteiger partial charge < -0.3 is 26.2 Å². The molecule has 0 atom stereocenters. The van der Waals surface area contributed by atoms with Crippen LogP contribution in [0.5, 0.6) is 11.5 Å². The fourth-order valence-electron chi connectivity index (χ4n) is 6.81. The van der Waals surface area contributed by atoms with Crippen molar-refractivity contribution in [2.24, 2.45) is 30.7 Å². The van der Waals surface area contributed by atoms with Crippen molar-refractivity contribution in [2.45, 2.75) is 45.2 Å². The number of hydrogen-bond acceptors (Lipinski definition) is 28. The topological polar surface area (TPSA) is 435 Å². The lowest BCUT2D eigenvalue weighted by Crippen LogP contribution is -2.22. The number of nitrogens with zero attached hydrogens (tertiary/aromatic N) is 7. The van der Waals surface area contributed by atoms with Crippen LogP contribution in [0.15, 0.2) is 146 Å². The van der Waals surface area contributed by atoms with Crippen molar-refractivity contribution in [1.82, 2.24) is 0 Å². The van der Waals surface area contributed by atoms with Crippen molar-refractivity contribution in [3.05, 3.63) is 96.6 Å². The summed E-state index contributed by atoms with van der Waals surface area (Å²) in [6.45, 7) is 7.19. The molecular formula is C43H48N10O19S6. The van der Waals surface area contributed by atoms with E-state index in [1.54, 1.807) is 61.7 Å². The van der Waals surface area contributed by atoms with Crippen LogP contribution in [0.3, 0.4) is 0 Å². The van der Waals surface area contributed by atoms with Crippen molar-refractivity contribution in [3.63, 3.8) is 0 Å². The summed E-state index contributed by atoms with van der Waals surface area (Å²) in [5, 5.41) is 56.9. The smallest absolute Gasteiger partial charge is 0.296 e. The number of rotatable bonds is 24. The lowest BCUT2D eigenvalue weighted by atomic mass is 10.1. The summed E-state index contributed by atoms with van der Waals surface area (Å²) in [7, 11) is -15.2. The van der Waals surface area contributed by atoms with Crippen LogP contribution in [0.4, 0.5) is 51.2 Å². The molecule has 0 aliphatic heterocycles. The van der Waals surface area contributed by atoms with Gasteiger partial charge in [0.25, 0.3) is 30.3 Å². The Bertz CT molecular complexity index is 3670. The Kier molecular flexibility index (Phi) is 21.7. The van der Waals surface area contributed by atoms with E-state index in [4.69, 9.17) is 26.7 Å². The van der Waals surface area contributed by atoms with Gasteiger partial charge in [0.1, 0.15) is 38.3 Å². The highest BCUT2D eigenvalue weighted by atomic mass is 32.2. The van der Waals surface area contributed by atoms with Crippen molar-refractivity contribution in [3.8, 4) is 11.5 Å². The number of nitrogens with two attached hydrogens (primary N) is 2. The second-order valence-electron chi connectivity index (χ2n) is 15.4. The predicted molar refractivity (Wildman–Crippen MR) is 285 cm³/mol. The van der Waals surface area contributed by atoms with E-state index in [0.29, 0.717) is 34.6 Å². The Balaban J connectivity index is 0.000000301. The third-order valence-electron chi connectivity index (χ3n) is 10.5. The van der Waals surface area contributed by atoms with Crippen LogP contribution in [0, 0.1) is 6.92 Å². The van der Waals surface area contributed by atoms with Crippen LogP contribution in [0.1, 0.15) is 19.4 Å². The standard InChI is InChI=1S/C24H29N5O3S.C19H19N5O16S5/c1-5-29(6-2)23-15-21(25)22(16-24(23)32-4)27-26-18-9-11-19(12-10-18)28-33(30,31)20-13-7-17(3)8-14-20;1-21-23-18-14(45(33,34)35)7-9-6-12(41-39-37-26)17(16(20)15(9)19(18)25)24-22-11-3-2-10(8-13(11)44(30,31)32)43(28,29)5-4-36-42-40-38-27/h7-16,28H,5-6,25H2,1-4H3;2-3,6-8,25-27H,4-5,20H2,1H3,(H,30,31,32)(H,33,34,35). The van der Waals surface area contributed by atoms with E-state index in [1.807, 2.05) is 13.0 Å². The maximum absolute atomic E-state index is 12.6. The van der Waals surface area contributed by atoms with Crippen molar-refractivity contribution in [1.29, 1.82) is 0 Å². The zero-order chi connectivity index (χ0) is 57.6. The Labute approximate surface area is 454 Å². The zero-order valence-electron chi connectivity index (χ0n) is 41.2. The van der Waals surface area contributed by atoms with E-state index in [-0.39, 0.29) is 44.9 Å². The van der Waals surface area contributed by atoms with Gasteiger partial charge in [-0.15, -0.1) is 24.0 Å². The number of anilines is 4. The summed E-state index contributed by atoms with van der Waals surface area (Å²) in [5.41, 5.74) is 14.1. The van der Waals surface area contributed by atoms with Gasteiger partial charge in [0.05, 0.1) is 74.3 Å². The number of sulfonamides is 1. The molecule has 0 radical (unpaired) electrons. The monoisotopic (exact) mass is 1200 g/mol. The lowest BCUT2D eigenvalue weighted by Gasteiger charge is -2.24. The first kappa shape index (κ1) is 62.2. The molecular weight excluding hydrogens is 1150 g/mol. The minimum absolute atomic E-state index is 0.111. The van der Waals surface area contributed by atoms with E-state index < -0.39 is 95.6 Å². The van der Waals surface area contributed by atoms with Gasteiger partial charge in [-0.05, 0) is 99.0 Å². The molecule has 0 amide bonds. The number of hydrogen-bond donors (Lipinski definition) is 8. The molecule has 29 nitrogen and oxygen atoms in total. The van der Waals surface area contributed by atoms with Gasteiger partial charge in [-0.2, -0.15) is 32.2 Å². The number of nitrogen functional groups attached to an aromatic ring is 2. The molecule has 0 heterocycles. The largest absolute Gasteiger partial charge is 0.505 e. The minimum atomic E-state index is -5.14. The lowest BCUT2D eigenvalue weighted by molar-refractivity contribution is -0.434. The first-order valence-electron chi connectivity index (χ1n) is 21.7. The molecule has 78 heavy (non-hydrogen) atoms. The number of ether oxygens (including phenoxy) is 1. The Morgan fingerprint density at radius 1 is 0.705 bits per heavy atom. The number of fused-ring (bicyclic) bond motifs is 1. The van der Waals surface area contributed by atoms with Gasteiger partial charge in [-0.1, -0.05) is 27.8 Å². The van der Waals surface area contributed by atoms with E-state index in [1.165, 1.54) is 0 Å². The molecule has 0 saturated heterocycles. The first-order valence-corrected chi connectivity index (χ1v) is 29.2. The van der Waals surface area contributed by atoms with Gasteiger partial charge >= 0.3 is 0 Å². The molecule has 0 unspecified atom stereocenters. The van der Waals surface area contributed by atoms with Crippen LogP contribution in [-0.4, -0.2) is 98.0 Å². The molecule has 0 saturated carbocycles. The maximum Gasteiger partial charge on any atom is 0.296 e. The zero-order valence-corrected chi connectivity index (χ0v) is 46.1. The van der Waals surface area contributed by atoms with Gasteiger partial charge in [-0.25, -0.2) is 27.4 Å². The SMILES string of the molecule is CCN(CC)c1cc(N)c(N=Nc2ccc(NS(=O)(=O)c3ccc(C)cc3)cc2)cc1OC.CN=Nc1c(S(=O)(=O)O)cc2cc(SOOO)c(N=Nc3ccc(S(=O)(=O)CCOSOOO)cc3S(=O)(=O)O)c(N)c2c1O. The number of azo groups is 3. The maximum atomic E-state index is 12.6. The van der Waals surface area contributed by atoms with Gasteiger partial charge in [0.2, 0.25) is 0 Å². The molecule has 0 aliphatic carbocycles. The molecule has 0 fully saturated rings. The quantitative estimate of drug-likeness (QED) is 0.00531. The highest BCUT2D eigenvalue weighted by molar-refractivity contribution is 7.94. The minimum Gasteiger partial charge on any atom is -0.505 e. The summed E-state index contributed by atoms with van der Waals surface area (Å²) in [6.07, 6.45) is 0. The van der Waals surface area contributed by atoms with Gasteiger partial charge in [0.15, 0.2) is 27.9 Å².